The van der Waals surface area contributed by atoms with Crippen LogP contribution in [0.25, 0.3) is 0 Å². The Hall–Kier alpha value is -1.77. The molecule has 1 atom stereocenters. The molecule has 0 bridgehead atoms. The van der Waals surface area contributed by atoms with Crippen LogP contribution in [0.2, 0.25) is 0 Å². The lowest BCUT2D eigenvalue weighted by Gasteiger charge is -2.14. The molecule has 1 rings (SSSR count). The summed E-state index contributed by atoms with van der Waals surface area (Å²) in [5.41, 5.74) is 0.422. The number of hydrogen-bond donors (Lipinski definition) is 0. The number of hydrogen-bond acceptors (Lipinski definition) is 3. The van der Waals surface area contributed by atoms with Crippen molar-refractivity contribution < 1.29 is 14.3 Å². The van der Waals surface area contributed by atoms with Gasteiger partial charge < -0.3 is 9.47 Å². The molecule has 16 heavy (non-hydrogen) atoms. The van der Waals surface area contributed by atoms with Gasteiger partial charge in [-0.1, -0.05) is 24.8 Å². The Morgan fingerprint density at radius 2 is 2.00 bits per heavy atom. The van der Waals surface area contributed by atoms with Crippen molar-refractivity contribution in [1.82, 2.24) is 0 Å². The van der Waals surface area contributed by atoms with Crippen molar-refractivity contribution in [1.29, 1.82) is 0 Å². The first kappa shape index (κ1) is 12.3. The Bertz CT molecular complexity index is 357. The van der Waals surface area contributed by atoms with Crippen LogP contribution in [-0.4, -0.2) is 19.2 Å². The smallest absolute Gasteiger partial charge is 0.333 e. The van der Waals surface area contributed by atoms with E-state index in [0.29, 0.717) is 12.0 Å². The number of esters is 1. The number of carbonyl (C=O) groups excluding carboxylic acids is 1. The van der Waals surface area contributed by atoms with Gasteiger partial charge in [0, 0.05) is 12.0 Å². The average Bonchev–Trinajstić information content (AvgIpc) is 2.29. The highest BCUT2D eigenvalue weighted by atomic mass is 16.5. The van der Waals surface area contributed by atoms with Crippen LogP contribution >= 0.6 is 0 Å². The molecular weight excluding hydrogens is 204 g/mol. The maximum absolute atomic E-state index is 11.1. The van der Waals surface area contributed by atoms with Crippen molar-refractivity contribution >= 4 is 5.97 Å². The highest BCUT2D eigenvalue weighted by Gasteiger charge is 2.12. The number of benzene rings is 1. The molecule has 1 aromatic rings. The van der Waals surface area contributed by atoms with E-state index in [0.717, 1.165) is 5.75 Å². The molecule has 0 saturated heterocycles. The third-order valence-corrected chi connectivity index (χ3v) is 2.09. The molecule has 0 saturated carbocycles. The molecule has 0 heterocycles. The maximum Gasteiger partial charge on any atom is 0.333 e. The highest BCUT2D eigenvalue weighted by molar-refractivity contribution is 5.87. The summed E-state index contributed by atoms with van der Waals surface area (Å²) in [4.78, 5) is 11.1. The summed E-state index contributed by atoms with van der Waals surface area (Å²) in [5.74, 6) is 0.399. The SMILES string of the molecule is C=C(CC(C)Oc1ccccc1)C(=O)OC. The fourth-order valence-corrected chi connectivity index (χ4v) is 1.35. The summed E-state index contributed by atoms with van der Waals surface area (Å²) in [6.45, 7) is 5.54. The van der Waals surface area contributed by atoms with Gasteiger partial charge in [0.2, 0.25) is 0 Å². The monoisotopic (exact) mass is 220 g/mol. The van der Waals surface area contributed by atoms with E-state index in [9.17, 15) is 4.79 Å². The highest BCUT2D eigenvalue weighted by Crippen LogP contribution is 2.14. The van der Waals surface area contributed by atoms with E-state index in [4.69, 9.17) is 4.74 Å². The predicted octanol–water partition coefficient (Wildman–Crippen LogP) is 2.57. The summed E-state index contributed by atoms with van der Waals surface area (Å²) in [7, 11) is 1.34. The van der Waals surface area contributed by atoms with Gasteiger partial charge in [-0.15, -0.1) is 0 Å². The Balaban J connectivity index is 2.45. The number of rotatable bonds is 5. The third kappa shape index (κ3) is 3.77. The molecule has 0 radical (unpaired) electrons. The van der Waals surface area contributed by atoms with Crippen molar-refractivity contribution in [2.75, 3.05) is 7.11 Å². The largest absolute Gasteiger partial charge is 0.490 e. The van der Waals surface area contributed by atoms with Crippen LogP contribution < -0.4 is 4.74 Å². The molecule has 0 aliphatic rings. The normalized spacial score (nSPS) is 11.6. The van der Waals surface area contributed by atoms with E-state index in [2.05, 4.69) is 11.3 Å². The minimum atomic E-state index is -0.386. The van der Waals surface area contributed by atoms with Gasteiger partial charge in [0.15, 0.2) is 0 Å². The second-order valence-electron chi connectivity index (χ2n) is 3.54. The lowest BCUT2D eigenvalue weighted by molar-refractivity contribution is -0.136. The Labute approximate surface area is 95.7 Å². The number of carbonyl (C=O) groups is 1. The van der Waals surface area contributed by atoms with Gasteiger partial charge in [0.25, 0.3) is 0 Å². The van der Waals surface area contributed by atoms with Gasteiger partial charge in [-0.25, -0.2) is 4.79 Å². The van der Waals surface area contributed by atoms with E-state index in [1.807, 2.05) is 37.3 Å². The van der Waals surface area contributed by atoms with Crippen molar-refractivity contribution in [3.8, 4) is 5.75 Å². The van der Waals surface area contributed by atoms with E-state index < -0.39 is 0 Å². The van der Waals surface area contributed by atoms with Gasteiger partial charge in [-0.05, 0) is 19.1 Å². The number of methoxy groups -OCH3 is 1. The van der Waals surface area contributed by atoms with Gasteiger partial charge in [0.1, 0.15) is 11.9 Å². The van der Waals surface area contributed by atoms with Gasteiger partial charge in [-0.2, -0.15) is 0 Å². The van der Waals surface area contributed by atoms with E-state index in [-0.39, 0.29) is 12.1 Å². The quantitative estimate of drug-likeness (QED) is 0.565. The molecule has 1 aromatic carbocycles. The Morgan fingerprint density at radius 3 is 2.56 bits per heavy atom. The molecule has 1 unspecified atom stereocenters. The molecule has 0 aliphatic carbocycles. The topological polar surface area (TPSA) is 35.5 Å². The van der Waals surface area contributed by atoms with E-state index >= 15 is 0 Å². The van der Waals surface area contributed by atoms with Gasteiger partial charge >= 0.3 is 5.97 Å². The maximum atomic E-state index is 11.1. The fourth-order valence-electron chi connectivity index (χ4n) is 1.35. The summed E-state index contributed by atoms with van der Waals surface area (Å²) in [5, 5.41) is 0. The third-order valence-electron chi connectivity index (χ3n) is 2.09. The Morgan fingerprint density at radius 1 is 1.38 bits per heavy atom. The van der Waals surface area contributed by atoms with Crippen molar-refractivity contribution in [2.45, 2.75) is 19.4 Å². The second kappa shape index (κ2) is 5.95. The first-order valence-corrected chi connectivity index (χ1v) is 5.11. The molecule has 86 valence electrons. The molecule has 0 spiro atoms. The molecule has 3 heteroatoms. The number of para-hydroxylation sites is 1. The van der Waals surface area contributed by atoms with Crippen molar-refractivity contribution in [3.05, 3.63) is 42.5 Å². The minimum absolute atomic E-state index is 0.103. The molecule has 0 N–H and O–H groups in total. The van der Waals surface area contributed by atoms with Gasteiger partial charge in [-0.3, -0.25) is 0 Å². The number of ether oxygens (including phenoxy) is 2. The molecule has 0 fully saturated rings. The van der Waals surface area contributed by atoms with Crippen LogP contribution in [0.4, 0.5) is 0 Å². The van der Waals surface area contributed by atoms with Gasteiger partial charge in [0.05, 0.1) is 7.11 Å². The summed E-state index contributed by atoms with van der Waals surface area (Å²) < 4.78 is 10.2. The molecule has 0 amide bonds. The average molecular weight is 220 g/mol. The summed E-state index contributed by atoms with van der Waals surface area (Å²) >= 11 is 0. The molecular formula is C13H16O3. The molecule has 3 nitrogen and oxygen atoms in total. The lowest BCUT2D eigenvalue weighted by Crippen LogP contribution is -2.16. The van der Waals surface area contributed by atoms with Crippen LogP contribution in [0.1, 0.15) is 13.3 Å². The molecule has 0 aromatic heterocycles. The first-order valence-electron chi connectivity index (χ1n) is 5.11. The second-order valence-corrected chi connectivity index (χ2v) is 3.54. The van der Waals surface area contributed by atoms with Crippen LogP contribution in [0.5, 0.6) is 5.75 Å². The Kier molecular flexibility index (Phi) is 4.58. The lowest BCUT2D eigenvalue weighted by atomic mass is 10.1. The van der Waals surface area contributed by atoms with Crippen molar-refractivity contribution in [2.24, 2.45) is 0 Å². The minimum Gasteiger partial charge on any atom is -0.490 e. The zero-order valence-corrected chi connectivity index (χ0v) is 9.60. The predicted molar refractivity (Wildman–Crippen MR) is 62.3 cm³/mol. The van der Waals surface area contributed by atoms with Crippen molar-refractivity contribution in [3.63, 3.8) is 0 Å². The summed E-state index contributed by atoms with van der Waals surface area (Å²) in [6.07, 6.45) is 0.357. The van der Waals surface area contributed by atoms with Crippen LogP contribution in [0.15, 0.2) is 42.5 Å². The zero-order valence-electron chi connectivity index (χ0n) is 9.60. The first-order chi connectivity index (χ1) is 7.63. The fraction of sp³-hybridized carbons (Fsp3) is 0.308. The van der Waals surface area contributed by atoms with Crippen LogP contribution in [-0.2, 0) is 9.53 Å². The summed E-state index contributed by atoms with van der Waals surface area (Å²) in [6, 6.07) is 9.47. The van der Waals surface area contributed by atoms with Crippen LogP contribution in [0, 0.1) is 0 Å². The van der Waals surface area contributed by atoms with E-state index in [1.165, 1.54) is 7.11 Å². The molecule has 0 aliphatic heterocycles. The van der Waals surface area contributed by atoms with Crippen LogP contribution in [0.3, 0.4) is 0 Å². The van der Waals surface area contributed by atoms with E-state index in [1.54, 1.807) is 0 Å². The standard InChI is InChI=1S/C13H16O3/c1-10(13(14)15-3)9-11(2)16-12-7-5-4-6-8-12/h4-8,11H,1,9H2,2-3H3. The zero-order chi connectivity index (χ0) is 12.0.